The maximum Gasteiger partial charge on any atom is 0.416 e. The van der Waals surface area contributed by atoms with Crippen LogP contribution in [0.2, 0.25) is 0 Å². The monoisotopic (exact) mass is 354 g/mol. The molecule has 0 saturated heterocycles. The van der Waals surface area contributed by atoms with Crippen LogP contribution < -0.4 is 10.2 Å². The highest BCUT2D eigenvalue weighted by Crippen LogP contribution is 2.35. The lowest BCUT2D eigenvalue weighted by Gasteiger charge is -2.20. The van der Waals surface area contributed by atoms with E-state index >= 15 is 0 Å². The van der Waals surface area contributed by atoms with Crippen molar-refractivity contribution in [1.82, 2.24) is 0 Å². The molecule has 0 heterocycles. The quantitative estimate of drug-likeness (QED) is 0.805. The molecule has 1 N–H and O–H groups in total. The molecule has 3 nitrogen and oxygen atoms in total. The number of carbonyl (C=O) groups is 1. The molecule has 1 amide bonds. The largest absolute Gasteiger partial charge is 0.416 e. The fourth-order valence-electron chi connectivity index (χ4n) is 2.22. The third-order valence-electron chi connectivity index (χ3n) is 3.41. The highest BCUT2D eigenvalue weighted by molar-refractivity contribution is 7.98. The predicted octanol–water partition coefficient (Wildman–Crippen LogP) is 4.75. The van der Waals surface area contributed by atoms with E-state index in [4.69, 9.17) is 0 Å². The lowest BCUT2D eigenvalue weighted by Crippen LogP contribution is -2.18. The predicted molar refractivity (Wildman–Crippen MR) is 91.9 cm³/mol. The van der Waals surface area contributed by atoms with E-state index in [1.807, 2.05) is 6.26 Å². The number of amides is 1. The molecular formula is C17H17F3N2OS. The molecule has 2 aromatic carbocycles. The van der Waals surface area contributed by atoms with Crippen LogP contribution in [0.1, 0.15) is 15.9 Å². The van der Waals surface area contributed by atoms with Gasteiger partial charge in [0.05, 0.1) is 22.5 Å². The number of nitrogens with zero attached hydrogens (tertiary/aromatic N) is 1. The topological polar surface area (TPSA) is 32.3 Å². The summed E-state index contributed by atoms with van der Waals surface area (Å²) < 4.78 is 38.9. The van der Waals surface area contributed by atoms with Crippen molar-refractivity contribution in [3.63, 3.8) is 0 Å². The van der Waals surface area contributed by atoms with Crippen LogP contribution in [-0.4, -0.2) is 26.3 Å². The van der Waals surface area contributed by atoms with Gasteiger partial charge >= 0.3 is 6.18 Å². The highest BCUT2D eigenvalue weighted by atomic mass is 32.2. The third kappa shape index (κ3) is 4.03. The van der Waals surface area contributed by atoms with Gasteiger partial charge in [0.2, 0.25) is 0 Å². The molecule has 0 bridgehead atoms. The zero-order chi connectivity index (χ0) is 17.9. The molecule has 0 aromatic heterocycles. The third-order valence-corrected chi connectivity index (χ3v) is 4.20. The Hall–Kier alpha value is -2.15. The van der Waals surface area contributed by atoms with E-state index in [0.29, 0.717) is 11.3 Å². The van der Waals surface area contributed by atoms with E-state index in [9.17, 15) is 18.0 Å². The molecule has 0 aliphatic carbocycles. The number of nitrogens with one attached hydrogen (secondary N) is 1. The van der Waals surface area contributed by atoms with Gasteiger partial charge in [0.1, 0.15) is 0 Å². The van der Waals surface area contributed by atoms with Gasteiger partial charge < -0.3 is 10.2 Å². The van der Waals surface area contributed by atoms with Crippen molar-refractivity contribution < 1.29 is 18.0 Å². The van der Waals surface area contributed by atoms with E-state index in [0.717, 1.165) is 17.0 Å². The molecule has 24 heavy (non-hydrogen) atoms. The van der Waals surface area contributed by atoms with Gasteiger partial charge in [-0.25, -0.2) is 0 Å². The normalized spacial score (nSPS) is 11.2. The zero-order valence-electron chi connectivity index (χ0n) is 13.4. The van der Waals surface area contributed by atoms with Crippen molar-refractivity contribution in [2.75, 3.05) is 30.6 Å². The van der Waals surface area contributed by atoms with Crippen LogP contribution in [0.5, 0.6) is 0 Å². The van der Waals surface area contributed by atoms with E-state index in [-0.39, 0.29) is 5.69 Å². The average molecular weight is 354 g/mol. The first-order valence-electron chi connectivity index (χ1n) is 7.07. The molecule has 0 aliphatic rings. The first kappa shape index (κ1) is 18.2. The Kier molecular flexibility index (Phi) is 5.43. The van der Waals surface area contributed by atoms with Crippen molar-refractivity contribution >= 4 is 29.0 Å². The maximum absolute atomic E-state index is 13.0. The van der Waals surface area contributed by atoms with Crippen LogP contribution in [0, 0.1) is 0 Å². The summed E-state index contributed by atoms with van der Waals surface area (Å²) in [6.45, 7) is 0. The van der Waals surface area contributed by atoms with Crippen LogP contribution in [0.4, 0.5) is 24.5 Å². The summed E-state index contributed by atoms with van der Waals surface area (Å²) in [6.07, 6.45) is -2.64. The van der Waals surface area contributed by atoms with Gasteiger partial charge in [-0.05, 0) is 36.6 Å². The molecule has 7 heteroatoms. The van der Waals surface area contributed by atoms with Crippen LogP contribution in [0.25, 0.3) is 0 Å². The first-order valence-corrected chi connectivity index (χ1v) is 8.29. The van der Waals surface area contributed by atoms with Gasteiger partial charge in [-0.15, -0.1) is 11.8 Å². The van der Waals surface area contributed by atoms with Crippen molar-refractivity contribution in [1.29, 1.82) is 0 Å². The zero-order valence-corrected chi connectivity index (χ0v) is 14.3. The first-order chi connectivity index (χ1) is 11.2. The van der Waals surface area contributed by atoms with Crippen LogP contribution in [-0.2, 0) is 6.18 Å². The molecule has 0 radical (unpaired) electrons. The molecule has 0 fully saturated rings. The number of rotatable bonds is 4. The van der Waals surface area contributed by atoms with Gasteiger partial charge in [-0.2, -0.15) is 13.2 Å². The second-order valence-electron chi connectivity index (χ2n) is 5.28. The number of hydrogen-bond donors (Lipinski definition) is 1. The molecule has 128 valence electrons. The number of alkyl halides is 3. The summed E-state index contributed by atoms with van der Waals surface area (Å²) in [5.41, 5.74) is 0.238. The number of benzene rings is 2. The Morgan fingerprint density at radius 2 is 1.79 bits per heavy atom. The molecule has 0 aliphatic heterocycles. The number of anilines is 2. The van der Waals surface area contributed by atoms with Gasteiger partial charge in [0, 0.05) is 19.0 Å². The Morgan fingerprint density at radius 1 is 1.12 bits per heavy atom. The summed E-state index contributed by atoms with van der Waals surface area (Å²) in [5, 5.41) is 2.60. The van der Waals surface area contributed by atoms with Crippen molar-refractivity contribution in [2.24, 2.45) is 0 Å². The fourth-order valence-corrected chi connectivity index (χ4v) is 2.82. The standard InChI is InChI=1S/C17H17F3N2OS/c1-22(2)14-9-8-11(17(18,19)20)10-13(14)21-16(23)12-6-4-5-7-15(12)24-3/h4-10H,1-3H3,(H,21,23). The molecular weight excluding hydrogens is 337 g/mol. The van der Waals surface area contributed by atoms with E-state index in [1.54, 1.807) is 43.3 Å². The molecule has 0 unspecified atom stereocenters. The smallest absolute Gasteiger partial charge is 0.376 e. The second kappa shape index (κ2) is 7.17. The van der Waals surface area contributed by atoms with Crippen molar-refractivity contribution in [3.05, 3.63) is 53.6 Å². The van der Waals surface area contributed by atoms with Crippen molar-refractivity contribution in [3.8, 4) is 0 Å². The van der Waals surface area contributed by atoms with Crippen LogP contribution >= 0.6 is 11.8 Å². The molecule has 0 saturated carbocycles. The molecule has 0 atom stereocenters. The summed E-state index contributed by atoms with van der Waals surface area (Å²) in [5.74, 6) is -0.442. The van der Waals surface area contributed by atoms with Gasteiger partial charge in [0.15, 0.2) is 0 Å². The van der Waals surface area contributed by atoms with E-state index < -0.39 is 17.6 Å². The Labute approximate surface area is 142 Å². The lowest BCUT2D eigenvalue weighted by atomic mass is 10.1. The summed E-state index contributed by atoms with van der Waals surface area (Å²) in [4.78, 5) is 14.9. The minimum absolute atomic E-state index is 0.121. The van der Waals surface area contributed by atoms with E-state index in [2.05, 4.69) is 5.32 Å². The van der Waals surface area contributed by atoms with Crippen molar-refractivity contribution in [2.45, 2.75) is 11.1 Å². The average Bonchev–Trinajstić information content (AvgIpc) is 2.53. The molecule has 2 aromatic rings. The van der Waals surface area contributed by atoms with E-state index in [1.165, 1.54) is 17.8 Å². The minimum atomic E-state index is -4.47. The molecule has 0 spiro atoms. The maximum atomic E-state index is 13.0. The summed E-state index contributed by atoms with van der Waals surface area (Å²) in [7, 11) is 3.40. The Balaban J connectivity index is 2.41. The number of hydrogen-bond acceptors (Lipinski definition) is 3. The van der Waals surface area contributed by atoms with Gasteiger partial charge in [0.25, 0.3) is 5.91 Å². The Bertz CT molecular complexity index is 745. The van der Waals surface area contributed by atoms with Gasteiger partial charge in [-0.1, -0.05) is 12.1 Å². The second-order valence-corrected chi connectivity index (χ2v) is 6.13. The highest BCUT2D eigenvalue weighted by Gasteiger charge is 2.31. The van der Waals surface area contributed by atoms with Gasteiger partial charge in [-0.3, -0.25) is 4.79 Å². The summed E-state index contributed by atoms with van der Waals surface area (Å²) >= 11 is 1.40. The minimum Gasteiger partial charge on any atom is -0.376 e. The summed E-state index contributed by atoms with van der Waals surface area (Å²) in [6, 6.07) is 10.3. The fraction of sp³-hybridized carbons (Fsp3) is 0.235. The number of thioether (sulfide) groups is 1. The lowest BCUT2D eigenvalue weighted by molar-refractivity contribution is -0.137. The van der Waals surface area contributed by atoms with Crippen LogP contribution in [0.15, 0.2) is 47.4 Å². The Morgan fingerprint density at radius 3 is 2.38 bits per heavy atom. The SMILES string of the molecule is CSc1ccccc1C(=O)Nc1cc(C(F)(F)F)ccc1N(C)C. The number of carbonyl (C=O) groups excluding carboxylic acids is 1. The molecule has 2 rings (SSSR count). The van der Waals surface area contributed by atoms with Crippen LogP contribution in [0.3, 0.4) is 0 Å². The number of halogens is 3.